The maximum absolute atomic E-state index is 13.1. The summed E-state index contributed by atoms with van der Waals surface area (Å²) in [5.74, 6) is -3.38. The number of esters is 2. The Balaban J connectivity index is 2.96. The van der Waals surface area contributed by atoms with Crippen LogP contribution in [0.2, 0.25) is 0 Å². The lowest BCUT2D eigenvalue weighted by Crippen LogP contribution is -2.54. The van der Waals surface area contributed by atoms with Crippen LogP contribution >= 0.6 is 0 Å². The minimum Gasteiger partial charge on any atom is -0.469 e. The average Bonchev–Trinajstić information content (AvgIpc) is 2.65. The van der Waals surface area contributed by atoms with Crippen LogP contribution in [-0.4, -0.2) is 50.1 Å². The molecule has 1 rings (SSSR count). The summed E-state index contributed by atoms with van der Waals surface area (Å²) in [5, 5.41) is 5.03. The molecule has 28 heavy (non-hydrogen) atoms. The number of amides is 2. The number of benzene rings is 1. The van der Waals surface area contributed by atoms with Gasteiger partial charge in [0.15, 0.2) is 0 Å². The number of hydrogen-bond acceptors (Lipinski definition) is 6. The van der Waals surface area contributed by atoms with Gasteiger partial charge in [0.05, 0.1) is 20.6 Å². The van der Waals surface area contributed by atoms with E-state index in [9.17, 15) is 23.6 Å². The van der Waals surface area contributed by atoms with Crippen molar-refractivity contribution in [3.8, 4) is 0 Å². The Morgan fingerprint density at radius 1 is 1.04 bits per heavy atom. The number of ether oxygens (including phenoxy) is 2. The lowest BCUT2D eigenvalue weighted by Gasteiger charge is -2.25. The van der Waals surface area contributed by atoms with Crippen molar-refractivity contribution in [3.05, 3.63) is 35.6 Å². The second-order valence-corrected chi connectivity index (χ2v) is 6.35. The third kappa shape index (κ3) is 7.34. The second-order valence-electron chi connectivity index (χ2n) is 6.35. The first-order valence-electron chi connectivity index (χ1n) is 8.64. The van der Waals surface area contributed by atoms with Gasteiger partial charge in [0, 0.05) is 13.3 Å². The molecular formula is C19H25FN2O6. The molecule has 0 saturated carbocycles. The van der Waals surface area contributed by atoms with E-state index in [-0.39, 0.29) is 12.8 Å². The first kappa shape index (κ1) is 23.1. The fraction of sp³-hybridized carbons (Fsp3) is 0.474. The standard InChI is InChI=1S/C19H25FN2O6/c1-11(9-16(24)27-3)17(19(26)28-4)22-18(25)15(21-12(2)23)10-13-5-7-14(20)8-6-13/h5-8,11,15,17H,9-10H2,1-4H3,(H,21,23)(H,22,25)/t11-,15+,17+/m1/s1. The van der Waals surface area contributed by atoms with Crippen molar-refractivity contribution < 1.29 is 33.0 Å². The first-order valence-corrected chi connectivity index (χ1v) is 8.64. The van der Waals surface area contributed by atoms with Crippen molar-refractivity contribution in [1.29, 1.82) is 0 Å². The van der Waals surface area contributed by atoms with Crippen LogP contribution in [0.1, 0.15) is 25.8 Å². The van der Waals surface area contributed by atoms with E-state index in [1.807, 2.05) is 0 Å². The molecule has 2 N–H and O–H groups in total. The molecule has 9 heteroatoms. The van der Waals surface area contributed by atoms with Crippen LogP contribution in [-0.2, 0) is 35.1 Å². The van der Waals surface area contributed by atoms with Gasteiger partial charge in [-0.3, -0.25) is 14.4 Å². The van der Waals surface area contributed by atoms with Crippen LogP contribution in [0.4, 0.5) is 4.39 Å². The van der Waals surface area contributed by atoms with Crippen LogP contribution in [0.25, 0.3) is 0 Å². The van der Waals surface area contributed by atoms with Gasteiger partial charge in [-0.25, -0.2) is 9.18 Å². The SMILES string of the molecule is COC(=O)C[C@@H](C)[C@H](NC(=O)[C@H](Cc1ccc(F)cc1)NC(C)=O)C(=O)OC. The lowest BCUT2D eigenvalue weighted by molar-refractivity contribution is -0.148. The Bertz CT molecular complexity index is 707. The number of rotatable bonds is 9. The van der Waals surface area contributed by atoms with Crippen molar-refractivity contribution >= 4 is 23.8 Å². The molecule has 2 amide bonds. The highest BCUT2D eigenvalue weighted by Crippen LogP contribution is 2.12. The van der Waals surface area contributed by atoms with Crippen molar-refractivity contribution in [2.75, 3.05) is 14.2 Å². The molecule has 0 aliphatic rings. The molecule has 0 fully saturated rings. The van der Waals surface area contributed by atoms with Gasteiger partial charge in [-0.1, -0.05) is 19.1 Å². The number of nitrogens with one attached hydrogen (secondary N) is 2. The molecule has 0 bridgehead atoms. The third-order valence-corrected chi connectivity index (χ3v) is 4.09. The molecule has 0 spiro atoms. The predicted molar refractivity (Wildman–Crippen MR) is 97.5 cm³/mol. The summed E-state index contributed by atoms with van der Waals surface area (Å²) in [4.78, 5) is 47.8. The summed E-state index contributed by atoms with van der Waals surface area (Å²) >= 11 is 0. The van der Waals surface area contributed by atoms with Crippen molar-refractivity contribution in [2.45, 2.75) is 38.8 Å². The fourth-order valence-corrected chi connectivity index (χ4v) is 2.59. The molecule has 0 aliphatic carbocycles. The summed E-state index contributed by atoms with van der Waals surface area (Å²) in [6.45, 7) is 2.84. The number of carbonyl (C=O) groups is 4. The largest absolute Gasteiger partial charge is 0.469 e. The molecule has 0 aromatic heterocycles. The van der Waals surface area contributed by atoms with Gasteiger partial charge in [-0.2, -0.15) is 0 Å². The molecule has 1 aromatic rings. The van der Waals surface area contributed by atoms with E-state index in [1.54, 1.807) is 6.92 Å². The first-order chi connectivity index (χ1) is 13.2. The number of halogens is 1. The number of methoxy groups -OCH3 is 2. The fourth-order valence-electron chi connectivity index (χ4n) is 2.59. The average molecular weight is 396 g/mol. The van der Waals surface area contributed by atoms with Crippen molar-refractivity contribution in [2.24, 2.45) is 5.92 Å². The highest BCUT2D eigenvalue weighted by atomic mass is 19.1. The van der Waals surface area contributed by atoms with E-state index < -0.39 is 47.6 Å². The maximum Gasteiger partial charge on any atom is 0.328 e. The molecule has 0 radical (unpaired) electrons. The van der Waals surface area contributed by atoms with Crippen LogP contribution in [0, 0.1) is 11.7 Å². The van der Waals surface area contributed by atoms with Gasteiger partial charge in [0.2, 0.25) is 11.8 Å². The number of carbonyl (C=O) groups excluding carboxylic acids is 4. The summed E-state index contributed by atoms with van der Waals surface area (Å²) in [7, 11) is 2.38. The van der Waals surface area contributed by atoms with E-state index in [4.69, 9.17) is 4.74 Å². The van der Waals surface area contributed by atoms with Gasteiger partial charge in [-0.05, 0) is 23.6 Å². The number of hydrogen-bond donors (Lipinski definition) is 2. The minimum atomic E-state index is -1.11. The zero-order valence-corrected chi connectivity index (χ0v) is 16.3. The third-order valence-electron chi connectivity index (χ3n) is 4.09. The van der Waals surface area contributed by atoms with Gasteiger partial charge in [0.25, 0.3) is 0 Å². The zero-order chi connectivity index (χ0) is 21.3. The molecule has 154 valence electrons. The van der Waals surface area contributed by atoms with Gasteiger partial charge >= 0.3 is 11.9 Å². The Hall–Kier alpha value is -2.97. The van der Waals surface area contributed by atoms with E-state index in [0.717, 1.165) is 7.11 Å². The highest BCUT2D eigenvalue weighted by molar-refractivity contribution is 5.90. The predicted octanol–water partition coefficient (Wildman–Crippen LogP) is 0.730. The van der Waals surface area contributed by atoms with Gasteiger partial charge in [0.1, 0.15) is 17.9 Å². The Labute approximate surface area is 162 Å². The Kier molecular flexibility index (Phi) is 9.07. The summed E-state index contributed by atoms with van der Waals surface area (Å²) in [6.07, 6.45) is -0.0235. The lowest BCUT2D eigenvalue weighted by atomic mass is 9.97. The molecule has 3 atom stereocenters. The minimum absolute atomic E-state index is 0.0883. The highest BCUT2D eigenvalue weighted by Gasteiger charge is 2.32. The summed E-state index contributed by atoms with van der Waals surface area (Å²) < 4.78 is 22.4. The van der Waals surface area contributed by atoms with Crippen LogP contribution in [0.15, 0.2) is 24.3 Å². The molecule has 0 aliphatic heterocycles. The molecule has 1 aromatic carbocycles. The topological polar surface area (TPSA) is 111 Å². The molecular weight excluding hydrogens is 371 g/mol. The van der Waals surface area contributed by atoms with E-state index >= 15 is 0 Å². The van der Waals surface area contributed by atoms with Gasteiger partial charge < -0.3 is 20.1 Å². The van der Waals surface area contributed by atoms with E-state index in [1.165, 1.54) is 38.3 Å². The van der Waals surface area contributed by atoms with Crippen LogP contribution in [0.5, 0.6) is 0 Å². The zero-order valence-electron chi connectivity index (χ0n) is 16.3. The molecule has 0 saturated heterocycles. The smallest absolute Gasteiger partial charge is 0.328 e. The summed E-state index contributed by atoms with van der Waals surface area (Å²) in [6, 6.07) is 3.37. The molecule has 0 unspecified atom stereocenters. The Morgan fingerprint density at radius 2 is 1.64 bits per heavy atom. The monoisotopic (exact) mass is 396 g/mol. The maximum atomic E-state index is 13.1. The van der Waals surface area contributed by atoms with Crippen molar-refractivity contribution in [3.63, 3.8) is 0 Å². The van der Waals surface area contributed by atoms with E-state index in [2.05, 4.69) is 15.4 Å². The Morgan fingerprint density at radius 3 is 2.14 bits per heavy atom. The van der Waals surface area contributed by atoms with Gasteiger partial charge in [-0.15, -0.1) is 0 Å². The molecule has 8 nitrogen and oxygen atoms in total. The van der Waals surface area contributed by atoms with Crippen LogP contribution < -0.4 is 10.6 Å². The quantitative estimate of drug-likeness (QED) is 0.596. The summed E-state index contributed by atoms with van der Waals surface area (Å²) in [5.41, 5.74) is 0.618. The molecule has 0 heterocycles. The van der Waals surface area contributed by atoms with Crippen molar-refractivity contribution in [1.82, 2.24) is 10.6 Å². The normalized spacial score (nSPS) is 13.6. The van der Waals surface area contributed by atoms with E-state index in [0.29, 0.717) is 5.56 Å². The van der Waals surface area contributed by atoms with Crippen LogP contribution in [0.3, 0.4) is 0 Å². The second kappa shape index (κ2) is 11.0.